The van der Waals surface area contributed by atoms with E-state index >= 15 is 0 Å². The van der Waals surface area contributed by atoms with Crippen molar-refractivity contribution in [3.05, 3.63) is 11.9 Å². The standard InChI is InChI=1S/C16H27N5O2/c1-3-14-5-4-13(2)21(14)16(22)15-12-20(18-17-15)7-6-19-8-10-23-11-9-19/h12-14H,3-11H2,1-2H3. The summed E-state index contributed by atoms with van der Waals surface area (Å²) >= 11 is 0. The molecule has 3 heterocycles. The fraction of sp³-hybridized carbons (Fsp3) is 0.812. The van der Waals surface area contributed by atoms with Crippen molar-refractivity contribution < 1.29 is 9.53 Å². The highest BCUT2D eigenvalue weighted by atomic mass is 16.5. The molecule has 7 nitrogen and oxygen atoms in total. The topological polar surface area (TPSA) is 63.5 Å². The van der Waals surface area contributed by atoms with Gasteiger partial charge < -0.3 is 9.64 Å². The lowest BCUT2D eigenvalue weighted by atomic mass is 10.1. The summed E-state index contributed by atoms with van der Waals surface area (Å²) in [6, 6.07) is 0.641. The van der Waals surface area contributed by atoms with Crippen LogP contribution in [0, 0.1) is 0 Å². The van der Waals surface area contributed by atoms with Gasteiger partial charge in [0.25, 0.3) is 5.91 Å². The molecule has 23 heavy (non-hydrogen) atoms. The highest BCUT2D eigenvalue weighted by Crippen LogP contribution is 2.27. The maximum Gasteiger partial charge on any atom is 0.276 e. The van der Waals surface area contributed by atoms with E-state index in [0.29, 0.717) is 17.8 Å². The number of amides is 1. The molecule has 2 fully saturated rings. The molecule has 0 spiro atoms. The van der Waals surface area contributed by atoms with Gasteiger partial charge in [0.1, 0.15) is 0 Å². The molecule has 128 valence electrons. The first-order valence-corrected chi connectivity index (χ1v) is 8.72. The SMILES string of the molecule is CCC1CCC(C)N1C(=O)c1cn(CCN2CCOCC2)nn1. The van der Waals surface area contributed by atoms with Gasteiger partial charge in [0, 0.05) is 31.7 Å². The van der Waals surface area contributed by atoms with Crippen LogP contribution in [0.5, 0.6) is 0 Å². The summed E-state index contributed by atoms with van der Waals surface area (Å²) in [5.74, 6) is 0.0273. The monoisotopic (exact) mass is 321 g/mol. The second-order valence-corrected chi connectivity index (χ2v) is 6.52. The van der Waals surface area contributed by atoms with Crippen LogP contribution in [0.4, 0.5) is 0 Å². The predicted octanol–water partition coefficient (Wildman–Crippen LogP) is 1.01. The van der Waals surface area contributed by atoms with E-state index in [1.165, 1.54) is 0 Å². The van der Waals surface area contributed by atoms with Gasteiger partial charge in [-0.3, -0.25) is 14.4 Å². The maximum absolute atomic E-state index is 12.7. The first kappa shape index (κ1) is 16.4. The molecule has 1 amide bonds. The van der Waals surface area contributed by atoms with Gasteiger partial charge in [-0.25, -0.2) is 0 Å². The van der Waals surface area contributed by atoms with E-state index < -0.39 is 0 Å². The van der Waals surface area contributed by atoms with Gasteiger partial charge in [-0.05, 0) is 26.2 Å². The van der Waals surface area contributed by atoms with Crippen LogP contribution in [0.1, 0.15) is 43.6 Å². The van der Waals surface area contributed by atoms with Crippen molar-refractivity contribution in [3.63, 3.8) is 0 Å². The first-order chi connectivity index (χ1) is 11.2. The minimum Gasteiger partial charge on any atom is -0.379 e. The number of carbonyl (C=O) groups is 1. The molecule has 0 aliphatic carbocycles. The fourth-order valence-electron chi connectivity index (χ4n) is 3.55. The Bertz CT molecular complexity index is 526. The largest absolute Gasteiger partial charge is 0.379 e. The lowest BCUT2D eigenvalue weighted by Gasteiger charge is -2.27. The van der Waals surface area contributed by atoms with E-state index in [2.05, 4.69) is 29.1 Å². The van der Waals surface area contributed by atoms with Gasteiger partial charge in [-0.1, -0.05) is 12.1 Å². The quantitative estimate of drug-likeness (QED) is 0.810. The summed E-state index contributed by atoms with van der Waals surface area (Å²) in [4.78, 5) is 17.1. The van der Waals surface area contributed by atoms with Crippen molar-refractivity contribution in [3.8, 4) is 0 Å². The molecule has 2 saturated heterocycles. The third kappa shape index (κ3) is 3.72. The molecule has 2 aliphatic rings. The number of hydrogen-bond donors (Lipinski definition) is 0. The van der Waals surface area contributed by atoms with E-state index in [9.17, 15) is 4.79 Å². The number of carbonyl (C=O) groups excluding carboxylic acids is 1. The summed E-state index contributed by atoms with van der Waals surface area (Å²) in [6.07, 6.45) is 4.96. The molecule has 0 bridgehead atoms. The zero-order valence-corrected chi connectivity index (χ0v) is 14.1. The van der Waals surface area contributed by atoms with Crippen LogP contribution >= 0.6 is 0 Å². The normalized spacial score (nSPS) is 25.9. The van der Waals surface area contributed by atoms with Gasteiger partial charge in [-0.15, -0.1) is 5.10 Å². The molecule has 1 aromatic rings. The zero-order chi connectivity index (χ0) is 16.2. The summed E-state index contributed by atoms with van der Waals surface area (Å²) in [5.41, 5.74) is 0.471. The van der Waals surface area contributed by atoms with Crippen LogP contribution in [0.3, 0.4) is 0 Å². The molecule has 0 aromatic carbocycles. The Balaban J connectivity index is 1.58. The lowest BCUT2D eigenvalue weighted by Crippen LogP contribution is -2.39. The van der Waals surface area contributed by atoms with Crippen molar-refractivity contribution in [1.29, 1.82) is 0 Å². The number of likely N-dealkylation sites (tertiary alicyclic amines) is 1. The van der Waals surface area contributed by atoms with Crippen molar-refractivity contribution in [2.75, 3.05) is 32.8 Å². The van der Waals surface area contributed by atoms with Crippen LogP contribution in [0.2, 0.25) is 0 Å². The minimum atomic E-state index is 0.0273. The average Bonchev–Trinajstić information content (AvgIpc) is 3.20. The van der Waals surface area contributed by atoms with Gasteiger partial charge in [-0.2, -0.15) is 0 Å². The highest BCUT2D eigenvalue weighted by molar-refractivity contribution is 5.92. The third-order valence-electron chi connectivity index (χ3n) is 5.00. The Hall–Kier alpha value is -1.47. The van der Waals surface area contributed by atoms with Gasteiger partial charge in [0.2, 0.25) is 0 Å². The Morgan fingerprint density at radius 1 is 1.30 bits per heavy atom. The van der Waals surface area contributed by atoms with Gasteiger partial charge in [0.05, 0.1) is 26.0 Å². The van der Waals surface area contributed by atoms with Crippen LogP contribution in [-0.2, 0) is 11.3 Å². The number of aromatic nitrogens is 3. The second-order valence-electron chi connectivity index (χ2n) is 6.52. The Labute approximate surface area is 137 Å². The number of morpholine rings is 1. The molecule has 0 radical (unpaired) electrons. The smallest absolute Gasteiger partial charge is 0.276 e. The van der Waals surface area contributed by atoms with E-state index in [1.807, 2.05) is 4.90 Å². The molecule has 2 aliphatic heterocycles. The summed E-state index contributed by atoms with van der Waals surface area (Å²) in [5, 5.41) is 8.24. The van der Waals surface area contributed by atoms with E-state index in [4.69, 9.17) is 4.74 Å². The number of ether oxygens (including phenoxy) is 1. The maximum atomic E-state index is 12.7. The van der Waals surface area contributed by atoms with E-state index in [0.717, 1.165) is 58.7 Å². The van der Waals surface area contributed by atoms with E-state index in [-0.39, 0.29) is 5.91 Å². The fourth-order valence-corrected chi connectivity index (χ4v) is 3.55. The number of hydrogen-bond acceptors (Lipinski definition) is 5. The molecule has 3 rings (SSSR count). The summed E-state index contributed by atoms with van der Waals surface area (Å²) < 4.78 is 7.13. The molecule has 0 saturated carbocycles. The Kier molecular flexibility index (Phi) is 5.27. The lowest BCUT2D eigenvalue weighted by molar-refractivity contribution is 0.0359. The third-order valence-corrected chi connectivity index (χ3v) is 5.00. The van der Waals surface area contributed by atoms with Crippen LogP contribution in [-0.4, -0.2) is 75.6 Å². The predicted molar refractivity (Wildman–Crippen MR) is 86.2 cm³/mol. The van der Waals surface area contributed by atoms with E-state index in [1.54, 1.807) is 10.9 Å². The molecule has 1 aromatic heterocycles. The molecule has 0 N–H and O–H groups in total. The molecular formula is C16H27N5O2. The zero-order valence-electron chi connectivity index (χ0n) is 14.1. The first-order valence-electron chi connectivity index (χ1n) is 8.72. The highest BCUT2D eigenvalue weighted by Gasteiger charge is 2.34. The number of rotatable bonds is 5. The number of nitrogens with zero attached hydrogens (tertiary/aromatic N) is 5. The van der Waals surface area contributed by atoms with Crippen molar-refractivity contribution >= 4 is 5.91 Å². The second kappa shape index (κ2) is 7.40. The van der Waals surface area contributed by atoms with Crippen molar-refractivity contribution in [1.82, 2.24) is 24.8 Å². The summed E-state index contributed by atoms with van der Waals surface area (Å²) in [7, 11) is 0. The Morgan fingerprint density at radius 3 is 2.83 bits per heavy atom. The van der Waals surface area contributed by atoms with Crippen LogP contribution < -0.4 is 0 Å². The van der Waals surface area contributed by atoms with Gasteiger partial charge >= 0.3 is 0 Å². The Morgan fingerprint density at radius 2 is 2.09 bits per heavy atom. The molecule has 7 heteroatoms. The average molecular weight is 321 g/mol. The summed E-state index contributed by atoms with van der Waals surface area (Å²) in [6.45, 7) is 9.45. The molecule has 2 atom stereocenters. The van der Waals surface area contributed by atoms with Crippen molar-refractivity contribution in [2.24, 2.45) is 0 Å². The molecule has 2 unspecified atom stereocenters. The van der Waals surface area contributed by atoms with Crippen LogP contribution in [0.15, 0.2) is 6.20 Å². The van der Waals surface area contributed by atoms with Crippen LogP contribution in [0.25, 0.3) is 0 Å². The minimum absolute atomic E-state index is 0.0273. The van der Waals surface area contributed by atoms with Gasteiger partial charge in [0.15, 0.2) is 5.69 Å². The molecular weight excluding hydrogens is 294 g/mol. The van der Waals surface area contributed by atoms with Crippen molar-refractivity contribution in [2.45, 2.75) is 51.7 Å².